The molecular formula is C20H32O6. The lowest BCUT2D eigenvalue weighted by molar-refractivity contribution is -0.137. The number of hydrogen-bond acceptors (Lipinski definition) is 5. The first kappa shape index (κ1) is 22.5. The van der Waals surface area contributed by atoms with Gasteiger partial charge in [0, 0.05) is 24.7 Å². The molecule has 0 aromatic carbocycles. The summed E-state index contributed by atoms with van der Waals surface area (Å²) in [5.41, 5.74) is 0. The van der Waals surface area contributed by atoms with Gasteiger partial charge in [0.15, 0.2) is 0 Å². The van der Waals surface area contributed by atoms with Gasteiger partial charge in [0.25, 0.3) is 0 Å². The van der Waals surface area contributed by atoms with Crippen LogP contribution >= 0.6 is 0 Å². The number of rotatable bonds is 12. The zero-order valence-electron chi connectivity index (χ0n) is 15.5. The Morgan fingerprint density at radius 2 is 1.96 bits per heavy atom. The summed E-state index contributed by atoms with van der Waals surface area (Å²) in [5, 5.41) is 37.9. The normalized spacial score (nSPS) is 26.0. The van der Waals surface area contributed by atoms with Crippen LogP contribution in [0, 0.1) is 11.8 Å². The van der Waals surface area contributed by atoms with Gasteiger partial charge in [0.2, 0.25) is 0 Å². The minimum absolute atomic E-state index is 0.0194. The molecule has 0 aromatic heterocycles. The van der Waals surface area contributed by atoms with E-state index in [1.165, 1.54) is 0 Å². The van der Waals surface area contributed by atoms with Gasteiger partial charge in [-0.25, -0.2) is 0 Å². The van der Waals surface area contributed by atoms with E-state index >= 15 is 0 Å². The van der Waals surface area contributed by atoms with Gasteiger partial charge in [0.05, 0.1) is 18.3 Å². The first-order valence-corrected chi connectivity index (χ1v) is 9.43. The van der Waals surface area contributed by atoms with Crippen molar-refractivity contribution in [3.05, 3.63) is 24.3 Å². The minimum Gasteiger partial charge on any atom is -0.481 e. The average molecular weight is 368 g/mol. The molecule has 0 amide bonds. The number of ketones is 1. The third kappa shape index (κ3) is 8.74. The standard InChI is InChI=1S/C20H32O6/c1-14(21)7-6-8-15(22)11-12-17-16(18(23)13-19(17)24)9-4-2-3-5-10-20(25)26/h2,4,11-12,14-17,19,21-22,24H,3,5-10,13H2,1H3,(H,25,26)/b4-2+,12-11-/t14-,15+,16-,17-,19-/m1/s1. The highest BCUT2D eigenvalue weighted by molar-refractivity contribution is 5.84. The molecule has 0 unspecified atom stereocenters. The van der Waals surface area contributed by atoms with Crippen molar-refractivity contribution in [2.24, 2.45) is 11.8 Å². The number of aliphatic hydroxyl groups excluding tert-OH is 3. The Kier molecular flexibility index (Phi) is 10.4. The van der Waals surface area contributed by atoms with Crippen LogP contribution in [0.5, 0.6) is 0 Å². The van der Waals surface area contributed by atoms with Crippen molar-refractivity contribution < 1.29 is 30.0 Å². The molecule has 6 heteroatoms. The van der Waals surface area contributed by atoms with E-state index in [0.717, 1.165) is 0 Å². The van der Waals surface area contributed by atoms with Crippen LogP contribution in [0.3, 0.4) is 0 Å². The van der Waals surface area contributed by atoms with Crippen LogP contribution in [0.25, 0.3) is 0 Å². The molecule has 0 saturated heterocycles. The molecule has 148 valence electrons. The number of unbranched alkanes of at least 4 members (excludes halogenated alkanes) is 1. The largest absolute Gasteiger partial charge is 0.481 e. The maximum atomic E-state index is 12.1. The van der Waals surface area contributed by atoms with E-state index in [0.29, 0.717) is 38.5 Å². The number of hydrogen-bond donors (Lipinski definition) is 4. The number of carbonyl (C=O) groups is 2. The van der Waals surface area contributed by atoms with Crippen molar-refractivity contribution in [3.8, 4) is 0 Å². The van der Waals surface area contributed by atoms with Gasteiger partial charge in [0.1, 0.15) is 5.78 Å². The van der Waals surface area contributed by atoms with Crippen molar-refractivity contribution in [3.63, 3.8) is 0 Å². The van der Waals surface area contributed by atoms with Crippen LogP contribution in [0.2, 0.25) is 0 Å². The Labute approximate surface area is 155 Å². The van der Waals surface area contributed by atoms with Crippen LogP contribution in [0.4, 0.5) is 0 Å². The predicted molar refractivity (Wildman–Crippen MR) is 98.5 cm³/mol. The number of carbonyl (C=O) groups excluding carboxylic acids is 1. The van der Waals surface area contributed by atoms with E-state index in [4.69, 9.17) is 5.11 Å². The number of allylic oxidation sites excluding steroid dienone is 2. The summed E-state index contributed by atoms with van der Waals surface area (Å²) in [5.74, 6) is -1.41. The SMILES string of the molecule is C[C@@H](O)CCC[C@H](O)/C=C\[C@H]1[C@H](O)CC(=O)[C@@H]1C/C=C/CCCC(=O)O. The molecule has 0 spiro atoms. The molecule has 1 aliphatic carbocycles. The summed E-state index contributed by atoms with van der Waals surface area (Å²) in [7, 11) is 0. The van der Waals surface area contributed by atoms with E-state index in [1.54, 1.807) is 19.1 Å². The van der Waals surface area contributed by atoms with Crippen LogP contribution in [-0.2, 0) is 9.59 Å². The Bertz CT molecular complexity index is 497. The van der Waals surface area contributed by atoms with Gasteiger partial charge in [-0.2, -0.15) is 0 Å². The second kappa shape index (κ2) is 12.0. The Balaban J connectivity index is 2.47. The number of aliphatic hydroxyl groups is 3. The lowest BCUT2D eigenvalue weighted by Crippen LogP contribution is -2.18. The highest BCUT2D eigenvalue weighted by Crippen LogP contribution is 2.33. The van der Waals surface area contributed by atoms with E-state index in [2.05, 4.69) is 0 Å². The van der Waals surface area contributed by atoms with Crippen molar-refractivity contribution in [1.29, 1.82) is 0 Å². The zero-order chi connectivity index (χ0) is 19.5. The smallest absolute Gasteiger partial charge is 0.303 e. The van der Waals surface area contributed by atoms with Crippen molar-refractivity contribution >= 4 is 11.8 Å². The Morgan fingerprint density at radius 1 is 1.23 bits per heavy atom. The lowest BCUT2D eigenvalue weighted by Gasteiger charge is -2.16. The van der Waals surface area contributed by atoms with E-state index < -0.39 is 18.2 Å². The monoisotopic (exact) mass is 368 g/mol. The zero-order valence-corrected chi connectivity index (χ0v) is 15.5. The summed E-state index contributed by atoms with van der Waals surface area (Å²) in [6, 6.07) is 0. The molecule has 5 atom stereocenters. The summed E-state index contributed by atoms with van der Waals surface area (Å²) < 4.78 is 0. The number of carboxylic acid groups (broad SMARTS) is 1. The van der Waals surface area contributed by atoms with E-state index in [9.17, 15) is 24.9 Å². The maximum absolute atomic E-state index is 12.1. The highest BCUT2D eigenvalue weighted by Gasteiger charge is 2.39. The third-order valence-corrected chi connectivity index (χ3v) is 4.73. The predicted octanol–water partition coefficient (Wildman–Crippen LogP) is 2.22. The van der Waals surface area contributed by atoms with Gasteiger partial charge in [-0.3, -0.25) is 9.59 Å². The minimum atomic E-state index is -0.815. The molecule has 0 aliphatic heterocycles. The molecule has 0 bridgehead atoms. The van der Waals surface area contributed by atoms with E-state index in [1.807, 2.05) is 12.2 Å². The summed E-state index contributed by atoms with van der Waals surface area (Å²) in [6.45, 7) is 1.71. The van der Waals surface area contributed by atoms with Gasteiger partial charge < -0.3 is 20.4 Å². The van der Waals surface area contributed by atoms with Crippen molar-refractivity contribution in [2.45, 2.75) is 76.6 Å². The molecule has 1 aliphatic rings. The molecule has 1 saturated carbocycles. The Hall–Kier alpha value is -1.50. The fourth-order valence-corrected chi connectivity index (χ4v) is 3.23. The van der Waals surface area contributed by atoms with Gasteiger partial charge in [-0.1, -0.05) is 24.3 Å². The summed E-state index contributed by atoms with van der Waals surface area (Å²) >= 11 is 0. The lowest BCUT2D eigenvalue weighted by atomic mass is 9.90. The van der Waals surface area contributed by atoms with Gasteiger partial charge in [-0.05, 0) is 45.4 Å². The fourth-order valence-electron chi connectivity index (χ4n) is 3.23. The molecule has 0 radical (unpaired) electrons. The molecule has 0 heterocycles. The van der Waals surface area contributed by atoms with Crippen LogP contribution < -0.4 is 0 Å². The van der Waals surface area contributed by atoms with E-state index in [-0.39, 0.29) is 36.6 Å². The third-order valence-electron chi connectivity index (χ3n) is 4.73. The van der Waals surface area contributed by atoms with Gasteiger partial charge in [-0.15, -0.1) is 0 Å². The molecular weight excluding hydrogens is 336 g/mol. The number of Topliss-reactive ketones (excluding diaryl/α,β-unsaturated/α-hetero) is 1. The maximum Gasteiger partial charge on any atom is 0.303 e. The highest BCUT2D eigenvalue weighted by atomic mass is 16.4. The molecule has 6 nitrogen and oxygen atoms in total. The van der Waals surface area contributed by atoms with Gasteiger partial charge >= 0.3 is 5.97 Å². The Morgan fingerprint density at radius 3 is 2.62 bits per heavy atom. The van der Waals surface area contributed by atoms with Crippen LogP contribution in [0.1, 0.15) is 58.3 Å². The topological polar surface area (TPSA) is 115 Å². The number of carboxylic acids is 1. The summed E-state index contributed by atoms with van der Waals surface area (Å²) in [4.78, 5) is 22.6. The van der Waals surface area contributed by atoms with Crippen molar-refractivity contribution in [1.82, 2.24) is 0 Å². The average Bonchev–Trinajstić information content (AvgIpc) is 2.81. The molecule has 1 rings (SSSR count). The molecule has 26 heavy (non-hydrogen) atoms. The first-order valence-electron chi connectivity index (χ1n) is 9.43. The summed E-state index contributed by atoms with van der Waals surface area (Å²) in [6.07, 6.45) is 9.23. The second-order valence-electron chi connectivity index (χ2n) is 7.15. The molecule has 0 aromatic rings. The quantitative estimate of drug-likeness (QED) is 0.310. The van der Waals surface area contributed by atoms with Crippen LogP contribution in [-0.4, -0.2) is 50.5 Å². The molecule has 1 fully saturated rings. The fraction of sp³-hybridized carbons (Fsp3) is 0.700. The second-order valence-corrected chi connectivity index (χ2v) is 7.15. The molecule has 4 N–H and O–H groups in total. The van der Waals surface area contributed by atoms with Crippen LogP contribution in [0.15, 0.2) is 24.3 Å². The first-order chi connectivity index (χ1) is 12.3. The van der Waals surface area contributed by atoms with Crippen molar-refractivity contribution in [2.75, 3.05) is 0 Å². The number of aliphatic carboxylic acids is 1.